The maximum Gasteiger partial charge on any atom is 0.306 e. The number of ether oxygens (including phenoxy) is 2. The molecule has 0 saturated heterocycles. The summed E-state index contributed by atoms with van der Waals surface area (Å²) < 4.78 is 33.8. The van der Waals surface area contributed by atoms with Crippen molar-refractivity contribution in [3.8, 4) is 0 Å². The molecule has 0 aliphatic carbocycles. The Morgan fingerprint density at radius 2 is 0.929 bits per heavy atom. The van der Waals surface area contributed by atoms with Crippen LogP contribution in [0.1, 0.15) is 206 Å². The maximum absolute atomic E-state index is 12.7. The first-order chi connectivity index (χ1) is 26.8. The third-order valence-electron chi connectivity index (χ3n) is 10.3. The van der Waals surface area contributed by atoms with Crippen molar-refractivity contribution in [3.05, 3.63) is 0 Å². The number of hydrogen-bond donors (Lipinski definition) is 2. The summed E-state index contributed by atoms with van der Waals surface area (Å²) in [5.74, 6) is -0.928. The molecule has 11 nitrogen and oxygen atoms in total. The number of esters is 2. The van der Waals surface area contributed by atoms with Gasteiger partial charge in [-0.1, -0.05) is 168 Å². The smallest absolute Gasteiger partial charge is 0.306 e. The van der Waals surface area contributed by atoms with E-state index in [1.165, 1.54) is 96.3 Å². The second kappa shape index (κ2) is 37.0. The first-order valence-corrected chi connectivity index (χ1v) is 24.4. The van der Waals surface area contributed by atoms with Crippen LogP contribution >= 0.6 is 7.82 Å². The van der Waals surface area contributed by atoms with Crippen molar-refractivity contribution < 1.29 is 52.3 Å². The van der Waals surface area contributed by atoms with E-state index in [4.69, 9.17) is 18.5 Å². The van der Waals surface area contributed by atoms with Gasteiger partial charge in [-0.3, -0.25) is 14.2 Å². The van der Waals surface area contributed by atoms with E-state index in [-0.39, 0.29) is 26.1 Å². The average molecular weight is 822 g/mol. The Hall–Kier alpha value is -1.07. The van der Waals surface area contributed by atoms with Gasteiger partial charge in [0.1, 0.15) is 19.8 Å². The van der Waals surface area contributed by atoms with Gasteiger partial charge in [0.2, 0.25) is 0 Å². The molecule has 0 heterocycles. The molecule has 0 spiro atoms. The molecule has 0 bridgehead atoms. The van der Waals surface area contributed by atoms with E-state index in [0.717, 1.165) is 57.8 Å². The standard InChI is InChI=1S/C44H88NO10P/c1-6-8-10-12-14-15-16-17-18-19-20-21-22-26-31-35-44(49)55-40(39-54-56(50,51)53-37-36-45(3,4)5)38-52-43(48)34-30-27-23-25-29-33-42(47)41(46)32-28-24-13-11-9-7-2/h40-42,46-47H,6-39H2,1-5H3/t40?,41-,42-/m1/s1. The van der Waals surface area contributed by atoms with E-state index in [1.807, 2.05) is 21.1 Å². The number of phosphoric acid groups is 1. The minimum Gasteiger partial charge on any atom is -0.756 e. The number of quaternary nitrogens is 1. The molecule has 56 heavy (non-hydrogen) atoms. The zero-order valence-electron chi connectivity index (χ0n) is 36.8. The zero-order valence-corrected chi connectivity index (χ0v) is 37.7. The summed E-state index contributed by atoms with van der Waals surface area (Å²) in [5, 5.41) is 20.5. The zero-order chi connectivity index (χ0) is 41.8. The number of carbonyl (C=O) groups excluding carboxylic acids is 2. The van der Waals surface area contributed by atoms with Crippen LogP contribution < -0.4 is 4.89 Å². The number of unbranched alkanes of at least 4 members (excludes halogenated alkanes) is 23. The van der Waals surface area contributed by atoms with E-state index < -0.39 is 44.7 Å². The molecule has 0 aliphatic heterocycles. The maximum atomic E-state index is 12.7. The number of likely N-dealkylation sites (N-methyl/N-ethyl adjacent to an activating group) is 1. The SMILES string of the molecule is CCCCCCCCCCCCCCCCCC(=O)OC(COC(=O)CCCCCCC[C@@H](O)[C@H](O)CCCCCCCC)COP(=O)([O-])OCC[N+](C)(C)C. The molecule has 0 rings (SSSR count). The molecule has 0 radical (unpaired) electrons. The van der Waals surface area contributed by atoms with Gasteiger partial charge < -0.3 is 38.1 Å². The van der Waals surface area contributed by atoms with E-state index in [1.54, 1.807) is 0 Å². The Kier molecular flexibility index (Phi) is 36.3. The van der Waals surface area contributed by atoms with Gasteiger partial charge in [-0.25, -0.2) is 0 Å². The number of aliphatic hydroxyl groups is 2. The van der Waals surface area contributed by atoms with Gasteiger partial charge in [-0.05, 0) is 25.7 Å². The summed E-state index contributed by atoms with van der Waals surface area (Å²) in [7, 11) is 1.10. The van der Waals surface area contributed by atoms with Crippen molar-refractivity contribution in [1.82, 2.24) is 0 Å². The number of hydrogen-bond acceptors (Lipinski definition) is 10. The fourth-order valence-corrected chi connectivity index (χ4v) is 7.30. The van der Waals surface area contributed by atoms with E-state index in [2.05, 4.69) is 13.8 Å². The number of nitrogens with zero attached hydrogens (tertiary/aromatic N) is 1. The van der Waals surface area contributed by atoms with Crippen molar-refractivity contribution in [2.45, 2.75) is 225 Å². The summed E-state index contributed by atoms with van der Waals surface area (Å²) in [6.45, 7) is 4.05. The van der Waals surface area contributed by atoms with E-state index in [9.17, 15) is 29.3 Å². The van der Waals surface area contributed by atoms with Crippen molar-refractivity contribution in [2.75, 3.05) is 47.5 Å². The van der Waals surface area contributed by atoms with Gasteiger partial charge in [0.05, 0.1) is 40.0 Å². The third kappa shape index (κ3) is 38.4. The minimum atomic E-state index is -4.65. The highest BCUT2D eigenvalue weighted by atomic mass is 31.2. The van der Waals surface area contributed by atoms with E-state index >= 15 is 0 Å². The highest BCUT2D eigenvalue weighted by Gasteiger charge is 2.22. The Morgan fingerprint density at radius 1 is 0.554 bits per heavy atom. The first-order valence-electron chi connectivity index (χ1n) is 22.9. The summed E-state index contributed by atoms with van der Waals surface area (Å²) in [5.41, 5.74) is 0. The van der Waals surface area contributed by atoms with Crippen molar-refractivity contribution in [1.29, 1.82) is 0 Å². The van der Waals surface area contributed by atoms with Gasteiger partial charge >= 0.3 is 11.9 Å². The molecule has 0 fully saturated rings. The monoisotopic (exact) mass is 822 g/mol. The Morgan fingerprint density at radius 3 is 1.34 bits per heavy atom. The van der Waals surface area contributed by atoms with Crippen molar-refractivity contribution in [2.24, 2.45) is 0 Å². The molecule has 2 unspecified atom stereocenters. The van der Waals surface area contributed by atoms with Gasteiger partial charge in [0, 0.05) is 12.8 Å². The summed E-state index contributed by atoms with van der Waals surface area (Å²) >= 11 is 0. The van der Waals surface area contributed by atoms with Crippen LogP contribution in [0.25, 0.3) is 0 Å². The molecule has 0 amide bonds. The lowest BCUT2D eigenvalue weighted by Crippen LogP contribution is -2.37. The van der Waals surface area contributed by atoms with Crippen molar-refractivity contribution >= 4 is 19.8 Å². The Labute approximate surface area is 343 Å². The number of rotatable bonds is 42. The quantitative estimate of drug-likeness (QED) is 0.0263. The largest absolute Gasteiger partial charge is 0.756 e. The molecule has 2 N–H and O–H groups in total. The van der Waals surface area contributed by atoms with Crippen LogP contribution in [-0.4, -0.2) is 92.5 Å². The van der Waals surface area contributed by atoms with Crippen LogP contribution in [0.5, 0.6) is 0 Å². The lowest BCUT2D eigenvalue weighted by molar-refractivity contribution is -0.870. The molecule has 0 aromatic rings. The fraction of sp³-hybridized carbons (Fsp3) is 0.955. The molecular formula is C44H88NO10P. The number of phosphoric ester groups is 1. The molecule has 0 aliphatic rings. The van der Waals surface area contributed by atoms with Gasteiger partial charge in [-0.2, -0.15) is 0 Å². The predicted molar refractivity (Wildman–Crippen MR) is 225 cm³/mol. The lowest BCUT2D eigenvalue weighted by Gasteiger charge is -2.28. The summed E-state index contributed by atoms with van der Waals surface area (Å²) in [4.78, 5) is 37.6. The normalized spacial score (nSPS) is 14.6. The third-order valence-corrected chi connectivity index (χ3v) is 11.3. The highest BCUT2D eigenvalue weighted by Crippen LogP contribution is 2.38. The fourth-order valence-electron chi connectivity index (χ4n) is 6.57. The minimum absolute atomic E-state index is 0.0509. The Bertz CT molecular complexity index is 963. The van der Waals surface area contributed by atoms with Gasteiger partial charge in [-0.15, -0.1) is 0 Å². The van der Waals surface area contributed by atoms with Crippen LogP contribution in [0.3, 0.4) is 0 Å². The van der Waals surface area contributed by atoms with Crippen LogP contribution in [-0.2, 0) is 32.7 Å². The number of carbonyl (C=O) groups is 2. The van der Waals surface area contributed by atoms with Crippen LogP contribution in [0.2, 0.25) is 0 Å². The highest BCUT2D eigenvalue weighted by molar-refractivity contribution is 7.45. The van der Waals surface area contributed by atoms with Crippen LogP contribution in [0.15, 0.2) is 0 Å². The molecule has 0 aromatic carbocycles. The molecule has 0 saturated carbocycles. The molecular weight excluding hydrogens is 733 g/mol. The molecule has 334 valence electrons. The molecule has 4 atom stereocenters. The summed E-state index contributed by atoms with van der Waals surface area (Å²) in [6.07, 6.45) is 28.5. The first kappa shape index (κ1) is 54.9. The topological polar surface area (TPSA) is 152 Å². The second-order valence-corrected chi connectivity index (χ2v) is 18.5. The summed E-state index contributed by atoms with van der Waals surface area (Å²) in [6, 6.07) is 0. The average Bonchev–Trinajstić information content (AvgIpc) is 3.14. The van der Waals surface area contributed by atoms with Crippen molar-refractivity contribution in [3.63, 3.8) is 0 Å². The molecule has 0 aromatic heterocycles. The van der Waals surface area contributed by atoms with Gasteiger partial charge in [0.25, 0.3) is 7.82 Å². The van der Waals surface area contributed by atoms with Crippen LogP contribution in [0.4, 0.5) is 0 Å². The number of aliphatic hydroxyl groups excluding tert-OH is 2. The van der Waals surface area contributed by atoms with E-state index in [0.29, 0.717) is 36.7 Å². The lowest BCUT2D eigenvalue weighted by atomic mass is 9.99. The second-order valence-electron chi connectivity index (χ2n) is 17.1. The Balaban J connectivity index is 4.41. The predicted octanol–water partition coefficient (Wildman–Crippen LogP) is 10.1. The molecule has 12 heteroatoms. The van der Waals surface area contributed by atoms with Gasteiger partial charge in [0.15, 0.2) is 6.10 Å². The van der Waals surface area contributed by atoms with Crippen LogP contribution in [0, 0.1) is 0 Å².